The Hall–Kier alpha value is -2.82. The van der Waals surface area contributed by atoms with Gasteiger partial charge < -0.3 is 15.0 Å². The van der Waals surface area contributed by atoms with Crippen LogP contribution in [0.1, 0.15) is 67.8 Å². The van der Waals surface area contributed by atoms with Crippen LogP contribution in [0.2, 0.25) is 0 Å². The molecule has 1 fully saturated rings. The molecular weight excluding hydrogens is 412 g/mol. The van der Waals surface area contributed by atoms with Gasteiger partial charge in [0.05, 0.1) is 6.04 Å². The fraction of sp³-hybridized carbons (Fsp3) is 0.500. The summed E-state index contributed by atoms with van der Waals surface area (Å²) in [6.45, 7) is 7.57. The summed E-state index contributed by atoms with van der Waals surface area (Å²) in [5.74, 6) is 1.37. The molecule has 1 aliphatic heterocycles. The minimum atomic E-state index is -0.124. The molecule has 1 aliphatic carbocycles. The van der Waals surface area contributed by atoms with E-state index in [4.69, 9.17) is 4.74 Å². The molecule has 2 aromatic carbocycles. The molecule has 0 bridgehead atoms. The van der Waals surface area contributed by atoms with Gasteiger partial charge in [0, 0.05) is 19.0 Å². The van der Waals surface area contributed by atoms with Gasteiger partial charge in [-0.2, -0.15) is 0 Å². The average Bonchev–Trinajstić information content (AvgIpc) is 3.36. The van der Waals surface area contributed by atoms with Gasteiger partial charge in [0.1, 0.15) is 5.75 Å². The molecule has 1 N–H and O–H groups in total. The number of benzene rings is 2. The first kappa shape index (κ1) is 23.3. The monoisotopic (exact) mass is 448 g/mol. The molecule has 0 aromatic heterocycles. The van der Waals surface area contributed by atoms with E-state index in [0.717, 1.165) is 49.8 Å². The highest BCUT2D eigenvalue weighted by atomic mass is 16.5. The smallest absolute Gasteiger partial charge is 0.257 e. The van der Waals surface area contributed by atoms with Crippen LogP contribution in [0.3, 0.4) is 0 Å². The molecular formula is C28H36N2O3. The van der Waals surface area contributed by atoms with Gasteiger partial charge in [0.15, 0.2) is 6.61 Å². The molecule has 5 nitrogen and oxygen atoms in total. The molecule has 1 atom stereocenters. The molecule has 2 aliphatic rings. The van der Waals surface area contributed by atoms with Gasteiger partial charge in [-0.1, -0.05) is 62.6 Å². The molecule has 2 amide bonds. The van der Waals surface area contributed by atoms with E-state index in [2.05, 4.69) is 61.3 Å². The molecule has 5 heteroatoms. The number of carbonyl (C=O) groups excluding carboxylic acids is 2. The van der Waals surface area contributed by atoms with Crippen LogP contribution in [-0.2, 0) is 16.0 Å². The summed E-state index contributed by atoms with van der Waals surface area (Å²) in [7, 11) is 0. The fourth-order valence-electron chi connectivity index (χ4n) is 4.95. The lowest BCUT2D eigenvalue weighted by molar-refractivity contribution is -0.137. The van der Waals surface area contributed by atoms with E-state index in [1.165, 1.54) is 11.1 Å². The third-order valence-corrected chi connectivity index (χ3v) is 6.80. The first-order chi connectivity index (χ1) is 15.9. The lowest BCUT2D eigenvalue weighted by atomic mass is 9.86. The summed E-state index contributed by atoms with van der Waals surface area (Å²) in [6.07, 6.45) is 5.12. The minimum Gasteiger partial charge on any atom is -0.484 e. The number of rotatable bonds is 7. The van der Waals surface area contributed by atoms with Crippen molar-refractivity contribution in [3.05, 3.63) is 64.7 Å². The van der Waals surface area contributed by atoms with Crippen molar-refractivity contribution in [3.8, 4) is 5.75 Å². The highest BCUT2D eigenvalue weighted by Crippen LogP contribution is 2.39. The molecule has 0 unspecified atom stereocenters. The van der Waals surface area contributed by atoms with Crippen LogP contribution in [-0.4, -0.2) is 36.4 Å². The largest absolute Gasteiger partial charge is 0.484 e. The van der Waals surface area contributed by atoms with Crippen LogP contribution in [0, 0.1) is 18.8 Å². The number of hydrogen-bond acceptors (Lipinski definition) is 3. The third-order valence-electron chi connectivity index (χ3n) is 6.80. The first-order valence-electron chi connectivity index (χ1n) is 12.3. The number of nitrogens with zero attached hydrogens (tertiary/aromatic N) is 1. The van der Waals surface area contributed by atoms with Gasteiger partial charge >= 0.3 is 0 Å². The Morgan fingerprint density at radius 1 is 1.09 bits per heavy atom. The van der Waals surface area contributed by atoms with Crippen LogP contribution in [0.15, 0.2) is 42.5 Å². The van der Waals surface area contributed by atoms with E-state index < -0.39 is 0 Å². The van der Waals surface area contributed by atoms with E-state index in [1.54, 1.807) is 0 Å². The Labute approximate surface area is 197 Å². The van der Waals surface area contributed by atoms with Crippen molar-refractivity contribution in [2.45, 2.75) is 58.9 Å². The molecule has 1 heterocycles. The van der Waals surface area contributed by atoms with Crippen molar-refractivity contribution in [1.29, 1.82) is 0 Å². The number of hydrogen-bond donors (Lipinski definition) is 1. The van der Waals surface area contributed by atoms with Gasteiger partial charge in [-0.25, -0.2) is 0 Å². The van der Waals surface area contributed by atoms with Crippen LogP contribution in [0.5, 0.6) is 5.75 Å². The Morgan fingerprint density at radius 2 is 1.82 bits per heavy atom. The zero-order chi connectivity index (χ0) is 23.4. The fourth-order valence-corrected chi connectivity index (χ4v) is 4.95. The maximum Gasteiger partial charge on any atom is 0.257 e. The predicted octanol–water partition coefficient (Wildman–Crippen LogP) is 4.81. The lowest BCUT2D eigenvalue weighted by Gasteiger charge is -2.39. The van der Waals surface area contributed by atoms with Gasteiger partial charge in [0.2, 0.25) is 5.91 Å². The number of carbonyl (C=O) groups is 2. The Morgan fingerprint density at radius 3 is 2.52 bits per heavy atom. The second kappa shape index (κ2) is 10.4. The minimum absolute atomic E-state index is 0.00851. The quantitative estimate of drug-likeness (QED) is 0.661. The van der Waals surface area contributed by atoms with Gasteiger partial charge in [-0.15, -0.1) is 0 Å². The summed E-state index contributed by atoms with van der Waals surface area (Å²) in [5, 5.41) is 2.89. The van der Waals surface area contributed by atoms with Crippen LogP contribution in [0.4, 0.5) is 0 Å². The zero-order valence-electron chi connectivity index (χ0n) is 20.1. The molecule has 0 saturated heterocycles. The summed E-state index contributed by atoms with van der Waals surface area (Å²) < 4.78 is 5.85. The van der Waals surface area contributed by atoms with Crippen molar-refractivity contribution in [2.75, 3.05) is 19.7 Å². The normalized spacial score (nSPS) is 18.3. The maximum absolute atomic E-state index is 13.5. The predicted molar refractivity (Wildman–Crippen MR) is 130 cm³/mol. The molecule has 4 rings (SSSR count). The van der Waals surface area contributed by atoms with Crippen LogP contribution >= 0.6 is 0 Å². The Balaban J connectivity index is 1.60. The summed E-state index contributed by atoms with van der Waals surface area (Å²) in [6, 6.07) is 14.4. The Bertz CT molecular complexity index is 977. The maximum atomic E-state index is 13.5. The van der Waals surface area contributed by atoms with Crippen molar-refractivity contribution in [1.82, 2.24) is 10.2 Å². The van der Waals surface area contributed by atoms with E-state index in [-0.39, 0.29) is 30.4 Å². The highest BCUT2D eigenvalue weighted by molar-refractivity contribution is 5.80. The summed E-state index contributed by atoms with van der Waals surface area (Å²) >= 11 is 0. The average molecular weight is 449 g/mol. The molecule has 33 heavy (non-hydrogen) atoms. The number of ether oxygens (including phenoxy) is 1. The molecule has 176 valence electrons. The number of nitrogens with one attached hydrogen (secondary N) is 1. The third kappa shape index (κ3) is 5.58. The second-order valence-corrected chi connectivity index (χ2v) is 9.92. The van der Waals surface area contributed by atoms with Crippen molar-refractivity contribution in [2.24, 2.45) is 11.8 Å². The van der Waals surface area contributed by atoms with Crippen LogP contribution < -0.4 is 10.1 Å². The zero-order valence-corrected chi connectivity index (χ0v) is 20.1. The van der Waals surface area contributed by atoms with E-state index >= 15 is 0 Å². The first-order valence-corrected chi connectivity index (χ1v) is 12.3. The van der Waals surface area contributed by atoms with Gasteiger partial charge in [-0.3, -0.25) is 9.59 Å². The second-order valence-electron chi connectivity index (χ2n) is 9.92. The van der Waals surface area contributed by atoms with Crippen molar-refractivity contribution >= 4 is 11.8 Å². The number of amides is 2. The van der Waals surface area contributed by atoms with Crippen molar-refractivity contribution < 1.29 is 14.3 Å². The van der Waals surface area contributed by atoms with Gasteiger partial charge in [-0.05, 0) is 60.9 Å². The van der Waals surface area contributed by atoms with Gasteiger partial charge in [0.25, 0.3) is 5.91 Å². The summed E-state index contributed by atoms with van der Waals surface area (Å²) in [5.41, 5.74) is 4.68. The Kier molecular flexibility index (Phi) is 7.36. The van der Waals surface area contributed by atoms with E-state index in [9.17, 15) is 9.59 Å². The lowest BCUT2D eigenvalue weighted by Crippen LogP contribution is -2.43. The molecule has 0 radical (unpaired) electrons. The molecule has 2 aromatic rings. The number of fused-ring (bicyclic) bond motifs is 1. The van der Waals surface area contributed by atoms with E-state index in [1.807, 2.05) is 12.1 Å². The SMILES string of the molecule is Cc1ccc([C@@H]2c3cc(OCC(=O)NCC(C)C)ccc3CCN2C(=O)C2CCCC2)cc1. The topological polar surface area (TPSA) is 58.6 Å². The summed E-state index contributed by atoms with van der Waals surface area (Å²) in [4.78, 5) is 27.7. The highest BCUT2D eigenvalue weighted by Gasteiger charge is 2.36. The standard InChI is InChI=1S/C28H36N2O3/c1-19(2)17-29-26(31)18-33-24-13-12-21-14-15-30(28(32)23-6-4-5-7-23)27(25(21)16-24)22-10-8-20(3)9-11-22/h8-13,16,19,23,27H,4-7,14-15,17-18H2,1-3H3,(H,29,31)/t27-/m1/s1. The van der Waals surface area contributed by atoms with Crippen LogP contribution in [0.25, 0.3) is 0 Å². The van der Waals surface area contributed by atoms with Crippen molar-refractivity contribution in [3.63, 3.8) is 0 Å². The molecule has 0 spiro atoms. The number of aryl methyl sites for hydroxylation is 1. The molecule has 1 saturated carbocycles. The van der Waals surface area contributed by atoms with E-state index in [0.29, 0.717) is 18.2 Å².